The number of ether oxygens (including phenoxy) is 2. The van der Waals surface area contributed by atoms with Crippen LogP contribution in [0.5, 0.6) is 5.75 Å². The second kappa shape index (κ2) is 6.30. The maximum atomic E-state index is 5.93. The molecule has 2 nitrogen and oxygen atoms in total. The van der Waals surface area contributed by atoms with Gasteiger partial charge in [-0.15, -0.1) is 0 Å². The average Bonchev–Trinajstić information content (AvgIpc) is 2.34. The van der Waals surface area contributed by atoms with Crippen LogP contribution in [-0.4, -0.2) is 12.9 Å². The Morgan fingerprint density at radius 1 is 1.41 bits per heavy atom. The Kier molecular flexibility index (Phi) is 4.73. The number of halogens is 2. The van der Waals surface area contributed by atoms with Gasteiger partial charge in [-0.2, -0.15) is 0 Å². The van der Waals surface area contributed by atoms with Gasteiger partial charge in [0.15, 0.2) is 6.29 Å². The highest BCUT2D eigenvalue weighted by molar-refractivity contribution is 9.12. The molecule has 0 aromatic heterocycles. The van der Waals surface area contributed by atoms with Gasteiger partial charge < -0.3 is 9.47 Å². The lowest BCUT2D eigenvalue weighted by Gasteiger charge is -2.24. The highest BCUT2D eigenvalue weighted by atomic mass is 79.9. The van der Waals surface area contributed by atoms with Crippen molar-refractivity contribution in [2.45, 2.75) is 25.6 Å². The van der Waals surface area contributed by atoms with Crippen LogP contribution < -0.4 is 4.74 Å². The molecule has 1 atom stereocenters. The molecule has 2 rings (SSSR count). The van der Waals surface area contributed by atoms with Gasteiger partial charge in [-0.05, 0) is 35.9 Å². The van der Waals surface area contributed by atoms with E-state index in [-0.39, 0.29) is 6.29 Å². The van der Waals surface area contributed by atoms with Crippen molar-refractivity contribution in [2.75, 3.05) is 6.61 Å². The lowest BCUT2D eigenvalue weighted by atomic mass is 10.2. The molecule has 17 heavy (non-hydrogen) atoms. The zero-order valence-corrected chi connectivity index (χ0v) is 11.6. The second-order valence-electron chi connectivity index (χ2n) is 3.77. The van der Waals surface area contributed by atoms with Gasteiger partial charge in [-0.1, -0.05) is 17.5 Å². The minimum atomic E-state index is -0.166. The molecule has 0 saturated carbocycles. The maximum absolute atomic E-state index is 5.93. The van der Waals surface area contributed by atoms with Gasteiger partial charge in [0.05, 0.1) is 12.2 Å². The van der Waals surface area contributed by atoms with Crippen LogP contribution in [0, 0.1) is 10.8 Å². The Morgan fingerprint density at radius 2 is 2.29 bits per heavy atom. The van der Waals surface area contributed by atoms with E-state index in [2.05, 4.69) is 26.7 Å². The van der Waals surface area contributed by atoms with E-state index in [9.17, 15) is 0 Å². The van der Waals surface area contributed by atoms with Gasteiger partial charge in [0.25, 0.3) is 0 Å². The van der Waals surface area contributed by atoms with Crippen LogP contribution >= 0.6 is 27.5 Å². The molecule has 0 aliphatic carbocycles. The first kappa shape index (κ1) is 12.8. The summed E-state index contributed by atoms with van der Waals surface area (Å²) in [5.41, 5.74) is 0.767. The molecule has 1 saturated heterocycles. The van der Waals surface area contributed by atoms with Crippen LogP contribution in [0.25, 0.3) is 0 Å². The fraction of sp³-hybridized carbons (Fsp3) is 0.385. The first-order chi connectivity index (χ1) is 8.29. The Labute approximate surface area is 114 Å². The minimum absolute atomic E-state index is 0.166. The van der Waals surface area contributed by atoms with Crippen LogP contribution in [0.2, 0.25) is 5.02 Å². The van der Waals surface area contributed by atoms with Crippen molar-refractivity contribution in [2.24, 2.45) is 0 Å². The van der Waals surface area contributed by atoms with Gasteiger partial charge in [0, 0.05) is 27.4 Å². The second-order valence-corrected chi connectivity index (χ2v) is 4.61. The number of hydrogen-bond acceptors (Lipinski definition) is 2. The summed E-state index contributed by atoms with van der Waals surface area (Å²) in [5.74, 6) is 3.62. The lowest BCUT2D eigenvalue weighted by Crippen LogP contribution is -2.25. The SMILES string of the molecule is Clc1ccc(OC2CCCCO2)c(C#CBr)c1. The molecule has 1 aliphatic rings. The highest BCUT2D eigenvalue weighted by Crippen LogP contribution is 2.25. The molecule has 90 valence electrons. The standard InChI is InChI=1S/C13H12BrClO2/c14-7-6-10-9-11(15)4-5-12(10)17-13-3-1-2-8-16-13/h4-5,9,13H,1-3,8H2. The molecule has 1 fully saturated rings. The normalized spacial score (nSPS) is 19.3. The third-order valence-corrected chi connectivity index (χ3v) is 2.95. The summed E-state index contributed by atoms with van der Waals surface area (Å²) in [4.78, 5) is 2.67. The summed E-state index contributed by atoms with van der Waals surface area (Å²) >= 11 is 9.00. The van der Waals surface area contributed by atoms with Crippen molar-refractivity contribution in [1.82, 2.24) is 0 Å². The molecule has 0 bridgehead atoms. The Morgan fingerprint density at radius 3 is 3.00 bits per heavy atom. The maximum Gasteiger partial charge on any atom is 0.199 e. The van der Waals surface area contributed by atoms with Crippen molar-refractivity contribution < 1.29 is 9.47 Å². The van der Waals surface area contributed by atoms with Crippen molar-refractivity contribution >= 4 is 27.5 Å². The predicted octanol–water partition coefficient (Wildman–Crippen LogP) is 3.95. The van der Waals surface area contributed by atoms with Crippen LogP contribution in [0.3, 0.4) is 0 Å². The van der Waals surface area contributed by atoms with E-state index >= 15 is 0 Å². The van der Waals surface area contributed by atoms with E-state index in [0.29, 0.717) is 10.8 Å². The number of benzene rings is 1. The van der Waals surface area contributed by atoms with E-state index < -0.39 is 0 Å². The van der Waals surface area contributed by atoms with E-state index in [4.69, 9.17) is 21.1 Å². The molecule has 1 unspecified atom stereocenters. The van der Waals surface area contributed by atoms with E-state index in [0.717, 1.165) is 31.4 Å². The summed E-state index contributed by atoms with van der Waals surface area (Å²) in [5, 5.41) is 0.646. The summed E-state index contributed by atoms with van der Waals surface area (Å²) < 4.78 is 11.3. The van der Waals surface area contributed by atoms with E-state index in [1.54, 1.807) is 12.1 Å². The summed E-state index contributed by atoms with van der Waals surface area (Å²) in [6.07, 6.45) is 3.00. The lowest BCUT2D eigenvalue weighted by molar-refractivity contribution is -0.106. The highest BCUT2D eigenvalue weighted by Gasteiger charge is 2.16. The zero-order chi connectivity index (χ0) is 12.1. The van der Waals surface area contributed by atoms with Crippen molar-refractivity contribution in [1.29, 1.82) is 0 Å². The fourth-order valence-electron chi connectivity index (χ4n) is 1.70. The summed E-state index contributed by atoms with van der Waals surface area (Å²) in [6.45, 7) is 0.762. The monoisotopic (exact) mass is 314 g/mol. The van der Waals surface area contributed by atoms with Crippen LogP contribution in [-0.2, 0) is 4.74 Å². The molecule has 0 N–H and O–H groups in total. The Bertz CT molecular complexity index is 444. The fourth-order valence-corrected chi connectivity index (χ4v) is 2.08. The Balaban J connectivity index is 2.15. The minimum Gasteiger partial charge on any atom is -0.464 e. The first-order valence-corrected chi connectivity index (χ1v) is 6.66. The molecular formula is C13H12BrClO2. The number of rotatable bonds is 2. The van der Waals surface area contributed by atoms with Crippen LogP contribution in [0.4, 0.5) is 0 Å². The topological polar surface area (TPSA) is 18.5 Å². The third-order valence-electron chi connectivity index (χ3n) is 2.52. The van der Waals surface area contributed by atoms with Crippen molar-refractivity contribution in [3.05, 3.63) is 28.8 Å². The summed E-state index contributed by atoms with van der Waals surface area (Å²) in [6, 6.07) is 5.40. The van der Waals surface area contributed by atoms with Crippen molar-refractivity contribution in [3.63, 3.8) is 0 Å². The molecular weight excluding hydrogens is 303 g/mol. The van der Waals surface area contributed by atoms with E-state index in [1.807, 2.05) is 6.07 Å². The van der Waals surface area contributed by atoms with Gasteiger partial charge >= 0.3 is 0 Å². The predicted molar refractivity (Wildman–Crippen MR) is 71.5 cm³/mol. The average molecular weight is 316 g/mol. The largest absolute Gasteiger partial charge is 0.464 e. The number of hydrogen-bond donors (Lipinski definition) is 0. The smallest absolute Gasteiger partial charge is 0.199 e. The van der Waals surface area contributed by atoms with E-state index in [1.165, 1.54) is 0 Å². The molecule has 0 spiro atoms. The molecule has 4 heteroatoms. The quantitative estimate of drug-likeness (QED) is 0.769. The molecule has 0 amide bonds. The van der Waals surface area contributed by atoms with Crippen LogP contribution in [0.15, 0.2) is 18.2 Å². The molecule has 1 aliphatic heterocycles. The van der Waals surface area contributed by atoms with Gasteiger partial charge in [-0.25, -0.2) is 0 Å². The Hall–Kier alpha value is -0.690. The van der Waals surface area contributed by atoms with Gasteiger partial charge in [0.1, 0.15) is 5.75 Å². The third kappa shape index (κ3) is 3.64. The molecule has 1 aromatic rings. The van der Waals surface area contributed by atoms with Crippen LogP contribution in [0.1, 0.15) is 24.8 Å². The molecule has 1 aromatic carbocycles. The zero-order valence-electron chi connectivity index (χ0n) is 9.21. The van der Waals surface area contributed by atoms with Gasteiger partial charge in [0.2, 0.25) is 0 Å². The van der Waals surface area contributed by atoms with Crippen molar-refractivity contribution in [3.8, 4) is 16.5 Å². The first-order valence-electron chi connectivity index (χ1n) is 5.49. The molecule has 1 heterocycles. The molecule has 0 radical (unpaired) electrons. The summed E-state index contributed by atoms with van der Waals surface area (Å²) in [7, 11) is 0. The van der Waals surface area contributed by atoms with Gasteiger partial charge in [-0.3, -0.25) is 0 Å².